The van der Waals surface area contributed by atoms with Gasteiger partial charge >= 0.3 is 0 Å². The van der Waals surface area contributed by atoms with E-state index in [-0.39, 0.29) is 18.4 Å². The lowest BCUT2D eigenvalue weighted by Gasteiger charge is -2.29. The van der Waals surface area contributed by atoms with Gasteiger partial charge in [0, 0.05) is 18.8 Å². The minimum Gasteiger partial charge on any atom is -0.497 e. The summed E-state index contributed by atoms with van der Waals surface area (Å²) < 4.78 is 5.19. The summed E-state index contributed by atoms with van der Waals surface area (Å²) in [6.07, 6.45) is 3.22. The van der Waals surface area contributed by atoms with Crippen molar-refractivity contribution in [1.82, 2.24) is 9.80 Å². The monoisotopic (exact) mass is 391 g/mol. The van der Waals surface area contributed by atoms with Crippen LogP contribution in [0.15, 0.2) is 66.0 Å². The average Bonchev–Trinajstić information content (AvgIpc) is 3.00. The Hall–Kier alpha value is -3.28. The Kier molecular flexibility index (Phi) is 5.51. The van der Waals surface area contributed by atoms with Gasteiger partial charge in [-0.3, -0.25) is 14.5 Å². The minimum atomic E-state index is -0.282. The van der Waals surface area contributed by atoms with E-state index in [2.05, 4.69) is 10.2 Å². The smallest absolute Gasteiger partial charge is 0.279 e. The van der Waals surface area contributed by atoms with Gasteiger partial charge in [0.2, 0.25) is 0 Å². The maximum absolute atomic E-state index is 13.3. The Morgan fingerprint density at radius 3 is 2.24 bits per heavy atom. The number of amides is 2. The zero-order chi connectivity index (χ0) is 20.2. The molecule has 0 unspecified atom stereocenters. The molecule has 150 valence electrons. The fraction of sp³-hybridized carbons (Fsp3) is 0.304. The lowest BCUT2D eigenvalue weighted by atomic mass is 10.1. The second-order valence-electron chi connectivity index (χ2n) is 7.31. The SMILES string of the molecule is COc1ccc(CN2C(=O)C(Nc3ccccc3)=C(N3CCCCC3)C2=O)cc1. The van der Waals surface area contributed by atoms with Crippen LogP contribution in [-0.2, 0) is 16.1 Å². The van der Waals surface area contributed by atoms with Crippen LogP contribution in [0.4, 0.5) is 5.69 Å². The molecular weight excluding hydrogens is 366 g/mol. The predicted octanol–water partition coefficient (Wildman–Crippen LogP) is 3.37. The number of imide groups is 1. The Bertz CT molecular complexity index is 916. The highest BCUT2D eigenvalue weighted by molar-refractivity contribution is 6.20. The lowest BCUT2D eigenvalue weighted by molar-refractivity contribution is -0.138. The summed E-state index contributed by atoms with van der Waals surface area (Å²) in [6.45, 7) is 1.83. The number of benzene rings is 2. The molecule has 6 heteroatoms. The van der Waals surface area contributed by atoms with Crippen LogP contribution in [0.1, 0.15) is 24.8 Å². The van der Waals surface area contributed by atoms with Crippen LogP contribution in [-0.4, -0.2) is 41.8 Å². The van der Waals surface area contributed by atoms with Crippen molar-refractivity contribution in [1.29, 1.82) is 0 Å². The van der Waals surface area contributed by atoms with E-state index >= 15 is 0 Å². The highest BCUT2D eigenvalue weighted by Crippen LogP contribution is 2.29. The van der Waals surface area contributed by atoms with E-state index in [1.807, 2.05) is 54.6 Å². The second-order valence-corrected chi connectivity index (χ2v) is 7.31. The van der Waals surface area contributed by atoms with Crippen molar-refractivity contribution in [2.45, 2.75) is 25.8 Å². The largest absolute Gasteiger partial charge is 0.497 e. The molecule has 2 amide bonds. The number of nitrogens with zero attached hydrogens (tertiary/aromatic N) is 2. The van der Waals surface area contributed by atoms with Crippen LogP contribution in [0, 0.1) is 0 Å². The van der Waals surface area contributed by atoms with Crippen LogP contribution in [0.25, 0.3) is 0 Å². The molecule has 2 aliphatic heterocycles. The molecule has 0 radical (unpaired) electrons. The molecule has 0 saturated carbocycles. The van der Waals surface area contributed by atoms with Gasteiger partial charge in [-0.15, -0.1) is 0 Å². The van der Waals surface area contributed by atoms with Gasteiger partial charge in [0.25, 0.3) is 11.8 Å². The maximum Gasteiger partial charge on any atom is 0.279 e. The number of nitrogens with one attached hydrogen (secondary N) is 1. The Balaban J connectivity index is 1.62. The van der Waals surface area contributed by atoms with Crippen molar-refractivity contribution in [2.75, 3.05) is 25.5 Å². The molecule has 6 nitrogen and oxygen atoms in total. The number of carbonyl (C=O) groups excluding carboxylic acids is 2. The third-order valence-electron chi connectivity index (χ3n) is 5.36. The van der Waals surface area contributed by atoms with Gasteiger partial charge < -0.3 is 15.0 Å². The molecule has 2 heterocycles. The normalized spacial score (nSPS) is 17.1. The van der Waals surface area contributed by atoms with Crippen LogP contribution in [0.5, 0.6) is 5.75 Å². The molecule has 1 N–H and O–H groups in total. The molecule has 0 spiro atoms. The highest BCUT2D eigenvalue weighted by atomic mass is 16.5. The summed E-state index contributed by atoms with van der Waals surface area (Å²) in [5.74, 6) is 0.229. The third-order valence-corrected chi connectivity index (χ3v) is 5.36. The molecule has 1 fully saturated rings. The number of para-hydroxylation sites is 1. The maximum atomic E-state index is 13.3. The predicted molar refractivity (Wildman–Crippen MR) is 111 cm³/mol. The van der Waals surface area contributed by atoms with Crippen molar-refractivity contribution in [3.05, 3.63) is 71.6 Å². The van der Waals surface area contributed by atoms with E-state index in [9.17, 15) is 9.59 Å². The summed E-state index contributed by atoms with van der Waals surface area (Å²) in [5, 5.41) is 3.21. The number of anilines is 1. The van der Waals surface area contributed by atoms with Gasteiger partial charge in [0.1, 0.15) is 17.1 Å². The number of carbonyl (C=O) groups is 2. The molecule has 29 heavy (non-hydrogen) atoms. The highest BCUT2D eigenvalue weighted by Gasteiger charge is 2.41. The first-order valence-corrected chi connectivity index (χ1v) is 9.98. The van der Waals surface area contributed by atoms with Gasteiger partial charge in [0.05, 0.1) is 13.7 Å². The van der Waals surface area contributed by atoms with Gasteiger partial charge in [-0.1, -0.05) is 30.3 Å². The number of ether oxygens (including phenoxy) is 1. The first-order valence-electron chi connectivity index (χ1n) is 9.98. The van der Waals surface area contributed by atoms with Crippen molar-refractivity contribution in [3.8, 4) is 5.75 Å². The van der Waals surface area contributed by atoms with Crippen LogP contribution in [0.2, 0.25) is 0 Å². The average molecular weight is 391 g/mol. The van der Waals surface area contributed by atoms with E-state index in [0.29, 0.717) is 11.4 Å². The van der Waals surface area contributed by atoms with Crippen LogP contribution in [0.3, 0.4) is 0 Å². The topological polar surface area (TPSA) is 61.9 Å². The number of hydrogen-bond donors (Lipinski definition) is 1. The molecule has 0 atom stereocenters. The summed E-state index contributed by atoms with van der Waals surface area (Å²) in [7, 11) is 1.61. The quantitative estimate of drug-likeness (QED) is 0.765. The first kappa shape index (κ1) is 19.1. The molecule has 0 aliphatic carbocycles. The van der Waals surface area contributed by atoms with Crippen molar-refractivity contribution in [2.24, 2.45) is 0 Å². The second kappa shape index (κ2) is 8.39. The number of methoxy groups -OCH3 is 1. The molecular formula is C23H25N3O3. The molecule has 2 aromatic rings. The summed E-state index contributed by atoms with van der Waals surface area (Å²) >= 11 is 0. The molecule has 0 aromatic heterocycles. The molecule has 1 saturated heterocycles. The van der Waals surface area contributed by atoms with Crippen LogP contribution < -0.4 is 10.1 Å². The fourth-order valence-electron chi connectivity index (χ4n) is 3.81. The van der Waals surface area contributed by atoms with Gasteiger partial charge in [-0.2, -0.15) is 0 Å². The van der Waals surface area contributed by atoms with Crippen molar-refractivity contribution in [3.63, 3.8) is 0 Å². The summed E-state index contributed by atoms with van der Waals surface area (Å²) in [4.78, 5) is 29.9. The van der Waals surface area contributed by atoms with E-state index in [1.54, 1.807) is 7.11 Å². The Morgan fingerprint density at radius 2 is 1.59 bits per heavy atom. The number of rotatable bonds is 6. The zero-order valence-electron chi connectivity index (χ0n) is 16.6. The first-order chi connectivity index (χ1) is 14.2. The number of likely N-dealkylation sites (tertiary alicyclic amines) is 1. The molecule has 2 aliphatic rings. The third kappa shape index (κ3) is 3.97. The van der Waals surface area contributed by atoms with E-state index in [0.717, 1.165) is 49.4 Å². The molecule has 0 bridgehead atoms. The summed E-state index contributed by atoms with van der Waals surface area (Å²) in [6, 6.07) is 16.9. The zero-order valence-corrected chi connectivity index (χ0v) is 16.6. The van der Waals surface area contributed by atoms with E-state index in [4.69, 9.17) is 4.74 Å². The van der Waals surface area contributed by atoms with E-state index < -0.39 is 0 Å². The van der Waals surface area contributed by atoms with Gasteiger partial charge in [0.15, 0.2) is 0 Å². The van der Waals surface area contributed by atoms with E-state index in [1.165, 1.54) is 4.90 Å². The fourth-order valence-corrected chi connectivity index (χ4v) is 3.81. The Labute approximate surface area is 170 Å². The lowest BCUT2D eigenvalue weighted by Crippen LogP contribution is -2.36. The van der Waals surface area contributed by atoms with Crippen molar-refractivity contribution < 1.29 is 14.3 Å². The molecule has 4 rings (SSSR count). The number of piperidine rings is 1. The van der Waals surface area contributed by atoms with Gasteiger partial charge in [-0.05, 0) is 49.1 Å². The van der Waals surface area contributed by atoms with Gasteiger partial charge in [-0.25, -0.2) is 0 Å². The Morgan fingerprint density at radius 1 is 0.897 bits per heavy atom. The molecule has 2 aromatic carbocycles. The summed E-state index contributed by atoms with van der Waals surface area (Å²) in [5.41, 5.74) is 2.54. The van der Waals surface area contributed by atoms with Crippen molar-refractivity contribution >= 4 is 17.5 Å². The standard InChI is InChI=1S/C23H25N3O3/c1-29-19-12-10-17(11-13-19)16-26-22(27)20(24-18-8-4-2-5-9-18)21(23(26)28)25-14-6-3-7-15-25/h2,4-5,8-13,24H,3,6-7,14-16H2,1H3. The number of hydrogen-bond acceptors (Lipinski definition) is 5. The minimum absolute atomic E-state index is 0.230. The van der Waals surface area contributed by atoms with Crippen LogP contribution >= 0.6 is 0 Å².